The molecule has 94 valence electrons. The van der Waals surface area contributed by atoms with Crippen molar-refractivity contribution in [3.8, 4) is 0 Å². The molecule has 0 radical (unpaired) electrons. The molecule has 1 N–H and O–H groups in total. The summed E-state index contributed by atoms with van der Waals surface area (Å²) in [5.41, 5.74) is 0.445. The van der Waals surface area contributed by atoms with Gasteiger partial charge in [0.2, 0.25) is 0 Å². The van der Waals surface area contributed by atoms with Crippen LogP contribution in [0.3, 0.4) is 0 Å². The van der Waals surface area contributed by atoms with Crippen LogP contribution in [0, 0.1) is 0 Å². The molecule has 2 aromatic rings. The molecule has 0 saturated heterocycles. The summed E-state index contributed by atoms with van der Waals surface area (Å²) >= 11 is 0. The number of nitrogens with one attached hydrogen (secondary N) is 1. The average Bonchev–Trinajstić information content (AvgIpc) is 2.37. The van der Waals surface area contributed by atoms with Gasteiger partial charge >= 0.3 is 6.18 Å². The zero-order valence-electron chi connectivity index (χ0n) is 9.28. The Morgan fingerprint density at radius 3 is 2.67 bits per heavy atom. The molecule has 0 aliphatic heterocycles. The van der Waals surface area contributed by atoms with Crippen LogP contribution in [0.2, 0.25) is 0 Å². The minimum absolute atomic E-state index is 0.351. The molecule has 18 heavy (non-hydrogen) atoms. The highest BCUT2D eigenvalue weighted by Gasteiger charge is 2.30. The summed E-state index contributed by atoms with van der Waals surface area (Å²) in [4.78, 5) is 7.73. The van der Waals surface area contributed by atoms with E-state index < -0.39 is 11.7 Å². The zero-order chi connectivity index (χ0) is 13.0. The first-order chi connectivity index (χ1) is 8.55. The molecule has 0 aliphatic carbocycles. The smallest absolute Gasteiger partial charge is 0.379 e. The molecule has 0 aliphatic rings. The maximum Gasteiger partial charge on any atom is 0.416 e. The second-order valence-electron chi connectivity index (χ2n) is 3.63. The summed E-state index contributed by atoms with van der Waals surface area (Å²) in [7, 11) is 0. The molecule has 1 heterocycles. The van der Waals surface area contributed by atoms with E-state index in [1.165, 1.54) is 12.4 Å². The lowest BCUT2D eigenvalue weighted by Gasteiger charge is -2.10. The van der Waals surface area contributed by atoms with Crippen molar-refractivity contribution < 1.29 is 13.2 Å². The molecule has 0 unspecified atom stereocenters. The van der Waals surface area contributed by atoms with E-state index >= 15 is 0 Å². The van der Waals surface area contributed by atoms with Crippen LogP contribution in [0.15, 0.2) is 42.9 Å². The van der Waals surface area contributed by atoms with Gasteiger partial charge in [-0.3, -0.25) is 0 Å². The number of hydrogen-bond donors (Lipinski definition) is 1. The number of alkyl halides is 3. The Hall–Kier alpha value is -2.11. The van der Waals surface area contributed by atoms with Gasteiger partial charge in [0, 0.05) is 11.9 Å². The van der Waals surface area contributed by atoms with Crippen molar-refractivity contribution in [1.29, 1.82) is 0 Å². The van der Waals surface area contributed by atoms with Gasteiger partial charge in [-0.1, -0.05) is 6.07 Å². The topological polar surface area (TPSA) is 37.8 Å². The fraction of sp³-hybridized carbons (Fsp3) is 0.167. The molecular weight excluding hydrogens is 243 g/mol. The monoisotopic (exact) mass is 253 g/mol. The Bertz CT molecular complexity index is 511. The van der Waals surface area contributed by atoms with Crippen molar-refractivity contribution in [1.82, 2.24) is 9.97 Å². The minimum Gasteiger partial charge on any atom is -0.379 e. The van der Waals surface area contributed by atoms with E-state index in [-0.39, 0.29) is 0 Å². The van der Waals surface area contributed by atoms with E-state index in [9.17, 15) is 13.2 Å². The highest BCUT2D eigenvalue weighted by Crippen LogP contribution is 2.30. The molecule has 0 amide bonds. The number of rotatable bonds is 3. The highest BCUT2D eigenvalue weighted by molar-refractivity contribution is 5.46. The van der Waals surface area contributed by atoms with Crippen LogP contribution in [-0.4, -0.2) is 9.97 Å². The van der Waals surface area contributed by atoms with Crippen molar-refractivity contribution in [2.45, 2.75) is 12.7 Å². The van der Waals surface area contributed by atoms with Crippen molar-refractivity contribution in [2.75, 3.05) is 5.32 Å². The first kappa shape index (κ1) is 12.3. The van der Waals surface area contributed by atoms with Crippen molar-refractivity contribution in [2.24, 2.45) is 0 Å². The number of hydrogen-bond acceptors (Lipinski definition) is 3. The molecule has 1 aromatic carbocycles. The minimum atomic E-state index is -4.33. The van der Waals surface area contributed by atoms with Crippen LogP contribution >= 0.6 is 0 Å². The third kappa shape index (κ3) is 3.19. The Morgan fingerprint density at radius 2 is 2.00 bits per heavy atom. The van der Waals surface area contributed by atoms with E-state index in [2.05, 4.69) is 15.3 Å². The van der Waals surface area contributed by atoms with Crippen molar-refractivity contribution in [3.05, 3.63) is 54.1 Å². The van der Waals surface area contributed by atoms with Crippen LogP contribution in [-0.2, 0) is 12.7 Å². The van der Waals surface area contributed by atoms with Gasteiger partial charge < -0.3 is 5.32 Å². The lowest BCUT2D eigenvalue weighted by molar-refractivity contribution is -0.137. The molecular formula is C12H10F3N3. The average molecular weight is 253 g/mol. The van der Waals surface area contributed by atoms with Gasteiger partial charge in [-0.2, -0.15) is 13.2 Å². The number of benzene rings is 1. The van der Waals surface area contributed by atoms with Gasteiger partial charge in [-0.25, -0.2) is 9.97 Å². The molecule has 0 fully saturated rings. The molecule has 0 atom stereocenters. The van der Waals surface area contributed by atoms with Gasteiger partial charge in [0.25, 0.3) is 0 Å². The summed E-state index contributed by atoms with van der Waals surface area (Å²) in [5.74, 6) is 0. The van der Waals surface area contributed by atoms with Gasteiger partial charge in [0.1, 0.15) is 6.33 Å². The normalized spacial score (nSPS) is 11.3. The Kier molecular flexibility index (Phi) is 3.45. The van der Waals surface area contributed by atoms with Gasteiger partial charge in [0.05, 0.1) is 17.8 Å². The van der Waals surface area contributed by atoms with E-state index in [1.807, 2.05) is 0 Å². The fourth-order valence-electron chi connectivity index (χ4n) is 1.42. The lowest BCUT2D eigenvalue weighted by atomic mass is 10.2. The molecule has 3 nitrogen and oxygen atoms in total. The molecule has 6 heteroatoms. The standard InChI is InChI=1S/C12H10F3N3/c13-12(14,15)9-2-1-3-10(6-9)17-7-11-4-5-16-8-18-11/h1-6,8,17H,7H2. The van der Waals surface area contributed by atoms with Crippen molar-refractivity contribution >= 4 is 5.69 Å². The van der Waals surface area contributed by atoms with E-state index in [4.69, 9.17) is 0 Å². The van der Waals surface area contributed by atoms with Crippen LogP contribution < -0.4 is 5.32 Å². The zero-order valence-corrected chi connectivity index (χ0v) is 9.28. The Morgan fingerprint density at radius 1 is 1.17 bits per heavy atom. The summed E-state index contributed by atoms with van der Waals surface area (Å²) < 4.78 is 37.4. The predicted octanol–water partition coefficient (Wildman–Crippen LogP) is 3.11. The maximum atomic E-state index is 12.5. The van der Waals surface area contributed by atoms with E-state index in [0.29, 0.717) is 17.9 Å². The summed E-state index contributed by atoms with van der Waals surface area (Å²) in [6, 6.07) is 6.75. The van der Waals surface area contributed by atoms with Crippen LogP contribution in [0.4, 0.5) is 18.9 Å². The Labute approximate surface area is 102 Å². The second-order valence-corrected chi connectivity index (χ2v) is 3.63. The Balaban J connectivity index is 2.06. The number of halogens is 3. The first-order valence-corrected chi connectivity index (χ1v) is 5.22. The van der Waals surface area contributed by atoms with Gasteiger partial charge in [-0.15, -0.1) is 0 Å². The van der Waals surface area contributed by atoms with Crippen LogP contribution in [0.25, 0.3) is 0 Å². The lowest BCUT2D eigenvalue weighted by Crippen LogP contribution is -2.06. The SMILES string of the molecule is FC(F)(F)c1cccc(NCc2ccncn2)c1. The first-order valence-electron chi connectivity index (χ1n) is 5.22. The third-order valence-corrected chi connectivity index (χ3v) is 2.31. The third-order valence-electron chi connectivity index (χ3n) is 2.31. The van der Waals surface area contributed by atoms with Crippen LogP contribution in [0.1, 0.15) is 11.3 Å². The van der Waals surface area contributed by atoms with E-state index in [1.54, 1.807) is 18.3 Å². The van der Waals surface area contributed by atoms with Crippen LogP contribution in [0.5, 0.6) is 0 Å². The van der Waals surface area contributed by atoms with Gasteiger partial charge in [-0.05, 0) is 24.3 Å². The van der Waals surface area contributed by atoms with Gasteiger partial charge in [0.15, 0.2) is 0 Å². The molecule has 0 saturated carbocycles. The molecule has 0 spiro atoms. The second kappa shape index (κ2) is 5.03. The number of aromatic nitrogens is 2. The largest absolute Gasteiger partial charge is 0.416 e. The predicted molar refractivity (Wildman–Crippen MR) is 60.8 cm³/mol. The number of nitrogens with zero attached hydrogens (tertiary/aromatic N) is 2. The summed E-state index contributed by atoms with van der Waals surface area (Å²) in [5, 5.41) is 2.88. The quantitative estimate of drug-likeness (QED) is 0.913. The fourth-order valence-corrected chi connectivity index (χ4v) is 1.42. The highest BCUT2D eigenvalue weighted by atomic mass is 19.4. The molecule has 2 rings (SSSR count). The summed E-state index contributed by atoms with van der Waals surface area (Å²) in [6.45, 7) is 0.351. The summed E-state index contributed by atoms with van der Waals surface area (Å²) in [6.07, 6.45) is -1.36. The molecule has 0 bridgehead atoms. The van der Waals surface area contributed by atoms with E-state index in [0.717, 1.165) is 12.1 Å². The molecule has 1 aromatic heterocycles. The maximum absolute atomic E-state index is 12.5. The van der Waals surface area contributed by atoms with Crippen molar-refractivity contribution in [3.63, 3.8) is 0 Å². The number of anilines is 1.